The Balaban J connectivity index is 2.36. The highest BCUT2D eigenvalue weighted by molar-refractivity contribution is 4.76. The summed E-state index contributed by atoms with van der Waals surface area (Å²) in [5.41, 5.74) is -0.0780. The first-order chi connectivity index (χ1) is 5.01. The lowest BCUT2D eigenvalue weighted by molar-refractivity contribution is -0.185. The Labute approximate surface area is 68.9 Å². The zero-order valence-corrected chi connectivity index (χ0v) is 7.89. The van der Waals surface area contributed by atoms with Gasteiger partial charge in [-0.15, -0.1) is 0 Å². The third-order valence-corrected chi connectivity index (χ3v) is 2.03. The minimum absolute atomic E-state index is 0.0780. The molecule has 0 aromatic rings. The van der Waals surface area contributed by atoms with Crippen LogP contribution in [0.1, 0.15) is 27.7 Å². The topological polar surface area (TPSA) is 18.5 Å². The monoisotopic (exact) mass is 158 g/mol. The van der Waals surface area contributed by atoms with Crippen LogP contribution >= 0.6 is 0 Å². The molecule has 1 unspecified atom stereocenters. The van der Waals surface area contributed by atoms with E-state index in [1.807, 2.05) is 0 Å². The second kappa shape index (κ2) is 3.11. The molecule has 1 aliphatic heterocycles. The molecule has 0 bridgehead atoms. The van der Waals surface area contributed by atoms with E-state index in [1.54, 1.807) is 0 Å². The molecule has 2 nitrogen and oxygen atoms in total. The highest BCUT2D eigenvalue weighted by atomic mass is 16.6. The maximum absolute atomic E-state index is 5.63. The van der Waals surface area contributed by atoms with Crippen LogP contribution in [0, 0.1) is 5.92 Å². The van der Waals surface area contributed by atoms with Crippen molar-refractivity contribution in [3.05, 3.63) is 0 Å². The van der Waals surface area contributed by atoms with E-state index < -0.39 is 0 Å². The summed E-state index contributed by atoms with van der Waals surface area (Å²) in [5, 5.41) is 0. The first kappa shape index (κ1) is 9.01. The van der Waals surface area contributed by atoms with Crippen molar-refractivity contribution in [3.63, 3.8) is 0 Å². The predicted octanol–water partition coefficient (Wildman–Crippen LogP) is 1.84. The van der Waals surface area contributed by atoms with Gasteiger partial charge in [-0.05, 0) is 19.8 Å². The second-order valence-corrected chi connectivity index (χ2v) is 4.16. The van der Waals surface area contributed by atoms with Gasteiger partial charge in [0.15, 0.2) is 0 Å². The zero-order chi connectivity index (χ0) is 8.48. The van der Waals surface area contributed by atoms with Crippen molar-refractivity contribution in [3.8, 4) is 0 Å². The predicted molar refractivity (Wildman–Crippen MR) is 44.6 cm³/mol. The molecule has 1 fully saturated rings. The van der Waals surface area contributed by atoms with E-state index in [0.29, 0.717) is 12.0 Å². The average molecular weight is 158 g/mol. The van der Waals surface area contributed by atoms with Gasteiger partial charge < -0.3 is 9.47 Å². The van der Waals surface area contributed by atoms with E-state index in [0.717, 1.165) is 13.2 Å². The summed E-state index contributed by atoms with van der Waals surface area (Å²) in [5.74, 6) is 0.561. The van der Waals surface area contributed by atoms with Crippen molar-refractivity contribution in [2.24, 2.45) is 5.92 Å². The van der Waals surface area contributed by atoms with Gasteiger partial charge in [-0.2, -0.15) is 0 Å². The van der Waals surface area contributed by atoms with Crippen molar-refractivity contribution in [1.29, 1.82) is 0 Å². The van der Waals surface area contributed by atoms with E-state index in [4.69, 9.17) is 9.47 Å². The molecular weight excluding hydrogens is 140 g/mol. The third kappa shape index (κ3) is 2.46. The van der Waals surface area contributed by atoms with Gasteiger partial charge in [-0.25, -0.2) is 0 Å². The normalized spacial score (nSPS) is 30.8. The van der Waals surface area contributed by atoms with Gasteiger partial charge in [-0.3, -0.25) is 0 Å². The molecule has 2 heteroatoms. The van der Waals surface area contributed by atoms with Crippen LogP contribution in [0.2, 0.25) is 0 Å². The Morgan fingerprint density at radius 2 is 2.00 bits per heavy atom. The van der Waals surface area contributed by atoms with Crippen LogP contribution in [0.3, 0.4) is 0 Å². The minimum Gasteiger partial charge on any atom is -0.373 e. The molecule has 0 aromatic carbocycles. The van der Waals surface area contributed by atoms with E-state index in [2.05, 4.69) is 27.7 Å². The van der Waals surface area contributed by atoms with Crippen molar-refractivity contribution < 1.29 is 9.47 Å². The molecule has 0 N–H and O–H groups in total. The number of ether oxygens (including phenoxy) is 2. The Morgan fingerprint density at radius 1 is 1.36 bits per heavy atom. The van der Waals surface area contributed by atoms with Crippen molar-refractivity contribution in [2.45, 2.75) is 39.4 Å². The van der Waals surface area contributed by atoms with E-state index in [1.165, 1.54) is 0 Å². The molecule has 1 heterocycles. The van der Waals surface area contributed by atoms with Crippen molar-refractivity contribution in [1.82, 2.24) is 0 Å². The molecule has 1 saturated heterocycles. The molecule has 0 amide bonds. The molecule has 0 saturated carbocycles. The summed E-state index contributed by atoms with van der Waals surface area (Å²) in [6.45, 7) is 9.90. The van der Waals surface area contributed by atoms with E-state index in [9.17, 15) is 0 Å². The van der Waals surface area contributed by atoms with Crippen LogP contribution in [0.5, 0.6) is 0 Å². The smallest absolute Gasteiger partial charge is 0.0860 e. The Bertz CT molecular complexity index is 120. The fourth-order valence-electron chi connectivity index (χ4n) is 1.09. The third-order valence-electron chi connectivity index (χ3n) is 2.03. The fourth-order valence-corrected chi connectivity index (χ4v) is 1.09. The summed E-state index contributed by atoms with van der Waals surface area (Å²) in [6, 6.07) is 0. The van der Waals surface area contributed by atoms with E-state index in [-0.39, 0.29) is 5.60 Å². The Hall–Kier alpha value is -0.0800. The molecule has 0 aromatic heterocycles. The zero-order valence-electron chi connectivity index (χ0n) is 7.89. The lowest BCUT2D eigenvalue weighted by atomic mass is 10.0. The average Bonchev–Trinajstić information content (AvgIpc) is 1.86. The summed E-state index contributed by atoms with van der Waals surface area (Å²) in [6.07, 6.45) is 0.294. The van der Waals surface area contributed by atoms with Gasteiger partial charge in [0, 0.05) is 0 Å². The summed E-state index contributed by atoms with van der Waals surface area (Å²) >= 11 is 0. The van der Waals surface area contributed by atoms with Crippen molar-refractivity contribution in [2.75, 3.05) is 13.2 Å². The summed E-state index contributed by atoms with van der Waals surface area (Å²) < 4.78 is 11.2. The van der Waals surface area contributed by atoms with Gasteiger partial charge in [0.25, 0.3) is 0 Å². The van der Waals surface area contributed by atoms with Gasteiger partial charge in [0.1, 0.15) is 0 Å². The van der Waals surface area contributed by atoms with Crippen LogP contribution in [-0.2, 0) is 9.47 Å². The quantitative estimate of drug-likeness (QED) is 0.579. The van der Waals surface area contributed by atoms with Crippen LogP contribution in [-0.4, -0.2) is 24.9 Å². The highest BCUT2D eigenvalue weighted by Gasteiger charge is 2.29. The van der Waals surface area contributed by atoms with Gasteiger partial charge >= 0.3 is 0 Å². The molecule has 1 aliphatic rings. The Kier molecular flexibility index (Phi) is 2.55. The fraction of sp³-hybridized carbons (Fsp3) is 1.00. The second-order valence-electron chi connectivity index (χ2n) is 4.16. The first-order valence-corrected chi connectivity index (χ1v) is 4.27. The highest BCUT2D eigenvalue weighted by Crippen LogP contribution is 2.20. The first-order valence-electron chi connectivity index (χ1n) is 4.27. The molecule has 66 valence electrons. The molecule has 1 atom stereocenters. The molecule has 0 radical (unpaired) electrons. The summed E-state index contributed by atoms with van der Waals surface area (Å²) in [7, 11) is 0. The van der Waals surface area contributed by atoms with Gasteiger partial charge in [0.2, 0.25) is 0 Å². The summed E-state index contributed by atoms with van der Waals surface area (Å²) in [4.78, 5) is 0. The number of hydrogen-bond acceptors (Lipinski definition) is 2. The van der Waals surface area contributed by atoms with Crippen LogP contribution in [0.15, 0.2) is 0 Å². The molecule has 11 heavy (non-hydrogen) atoms. The van der Waals surface area contributed by atoms with E-state index >= 15 is 0 Å². The SMILES string of the molecule is CC(C)C1COC(C)(C)CO1. The van der Waals surface area contributed by atoms with Crippen LogP contribution in [0.25, 0.3) is 0 Å². The molecule has 0 aliphatic carbocycles. The molecular formula is C9H18O2. The largest absolute Gasteiger partial charge is 0.373 e. The van der Waals surface area contributed by atoms with Crippen molar-refractivity contribution >= 4 is 0 Å². The van der Waals surface area contributed by atoms with Gasteiger partial charge in [0.05, 0.1) is 24.9 Å². The maximum atomic E-state index is 5.63. The standard InChI is InChI=1S/C9H18O2/c1-7(2)8-5-11-9(3,4)6-10-8/h7-8H,5-6H2,1-4H3. The Morgan fingerprint density at radius 3 is 2.36 bits per heavy atom. The van der Waals surface area contributed by atoms with Crippen LogP contribution in [0.4, 0.5) is 0 Å². The number of rotatable bonds is 1. The maximum Gasteiger partial charge on any atom is 0.0860 e. The molecule has 1 rings (SSSR count). The minimum atomic E-state index is -0.0780. The number of hydrogen-bond donors (Lipinski definition) is 0. The lowest BCUT2D eigenvalue weighted by Gasteiger charge is -2.36. The molecule has 0 spiro atoms. The lowest BCUT2D eigenvalue weighted by Crippen LogP contribution is -2.44. The van der Waals surface area contributed by atoms with Gasteiger partial charge in [-0.1, -0.05) is 13.8 Å². The van der Waals surface area contributed by atoms with Crippen LogP contribution < -0.4 is 0 Å².